The Morgan fingerprint density at radius 3 is 1.92 bits per heavy atom. The van der Waals surface area contributed by atoms with E-state index < -0.39 is 92.5 Å². The molecule has 1 N–H and O–H groups in total. The van der Waals surface area contributed by atoms with E-state index in [0.29, 0.717) is 5.75 Å². The van der Waals surface area contributed by atoms with Gasteiger partial charge in [-0.05, 0) is 53.9 Å². The summed E-state index contributed by atoms with van der Waals surface area (Å²) in [5.41, 5.74) is -0.630. The van der Waals surface area contributed by atoms with Crippen molar-refractivity contribution in [1.82, 2.24) is 5.32 Å². The zero-order chi connectivity index (χ0) is 37.7. The van der Waals surface area contributed by atoms with Crippen molar-refractivity contribution in [2.45, 2.75) is 83.7 Å². The van der Waals surface area contributed by atoms with E-state index in [2.05, 4.69) is 5.32 Å². The maximum absolute atomic E-state index is 15.5. The molecule has 2 aromatic rings. The van der Waals surface area contributed by atoms with E-state index in [4.69, 9.17) is 32.4 Å². The van der Waals surface area contributed by atoms with Crippen LogP contribution in [0, 0.1) is 17.8 Å². The van der Waals surface area contributed by atoms with Gasteiger partial charge in [0.15, 0.2) is 14.1 Å². The summed E-state index contributed by atoms with van der Waals surface area (Å²) in [6.07, 6.45) is -7.12. The first kappa shape index (κ1) is 42.3. The number of alkyl halides is 5. The van der Waals surface area contributed by atoms with Crippen molar-refractivity contribution < 1.29 is 50.3 Å². The molecule has 0 saturated heterocycles. The highest BCUT2D eigenvalue weighted by Crippen LogP contribution is 2.39. The van der Waals surface area contributed by atoms with Crippen LogP contribution in [0.1, 0.15) is 64.6 Å². The van der Waals surface area contributed by atoms with Crippen LogP contribution in [0.3, 0.4) is 0 Å². The number of methoxy groups -OCH3 is 1. The molecule has 0 aliphatic carbocycles. The van der Waals surface area contributed by atoms with E-state index in [1.807, 2.05) is 33.9 Å². The summed E-state index contributed by atoms with van der Waals surface area (Å²) in [6.45, 7) is 11.7. The number of ketones is 3. The Hall–Kier alpha value is -2.87. The van der Waals surface area contributed by atoms with E-state index >= 15 is 8.78 Å². The molecule has 2 aromatic carbocycles. The van der Waals surface area contributed by atoms with Crippen molar-refractivity contribution in [3.63, 3.8) is 0 Å². The molecule has 0 heterocycles. The Morgan fingerprint density at radius 2 is 1.45 bits per heavy atom. The maximum atomic E-state index is 15.5. The summed E-state index contributed by atoms with van der Waals surface area (Å²) in [4.78, 5) is 53.0. The lowest BCUT2D eigenvalue weighted by Crippen LogP contribution is -2.46. The number of nitrogens with one attached hydrogen (secondary N) is 1. The Morgan fingerprint density at radius 1 is 0.878 bits per heavy atom. The summed E-state index contributed by atoms with van der Waals surface area (Å²) >= 11 is 11.8. The quantitative estimate of drug-likeness (QED) is 0.136. The number of ether oxygens (including phenoxy) is 1. The van der Waals surface area contributed by atoms with Crippen LogP contribution in [0.15, 0.2) is 42.5 Å². The standard InChI is InChI=1S/C34H42Cl2F5NO6Si/c1-19(2)24(30(45)34(39,40)41)17-27(43)29(20-9-12-23(47-6)13-10-20)42-31(46)21(18-48-49(7,8)32(3,4)5)15-28(44)33(37,38)22-11-14-25(35)26(36)16-22/h9-14,16,19,21,24,29H,15,17-18H2,1-8H3,(H,42,46)/t21-,24-,29-/m0/s1. The Kier molecular flexibility index (Phi) is 14.2. The minimum atomic E-state index is -5.21. The van der Waals surface area contributed by atoms with Gasteiger partial charge in [-0.2, -0.15) is 22.0 Å². The monoisotopic (exact) mass is 753 g/mol. The molecule has 49 heavy (non-hydrogen) atoms. The fourth-order valence-electron chi connectivity index (χ4n) is 4.54. The van der Waals surface area contributed by atoms with Crippen molar-refractivity contribution in [2.75, 3.05) is 13.7 Å². The SMILES string of the molecule is COc1ccc([C@H](NC(=O)[C@H](CO[Si](C)(C)C(C)(C)C)CC(=O)C(F)(F)c2ccc(Cl)c(Cl)c2)C(=O)C[C@H](C(=O)C(F)(F)F)C(C)C)cc1. The smallest absolute Gasteiger partial charge is 0.450 e. The number of carbonyl (C=O) groups is 4. The second-order valence-electron chi connectivity index (χ2n) is 13.7. The average Bonchev–Trinajstić information content (AvgIpc) is 3.00. The van der Waals surface area contributed by atoms with Crippen LogP contribution in [-0.2, 0) is 29.5 Å². The third-order valence-corrected chi connectivity index (χ3v) is 14.0. The number of amides is 1. The molecule has 0 bridgehead atoms. The van der Waals surface area contributed by atoms with Gasteiger partial charge < -0.3 is 14.5 Å². The predicted molar refractivity (Wildman–Crippen MR) is 180 cm³/mol. The summed E-state index contributed by atoms with van der Waals surface area (Å²) < 4.78 is 82.5. The molecular formula is C34H42Cl2F5NO6Si. The van der Waals surface area contributed by atoms with E-state index in [-0.39, 0.29) is 20.6 Å². The molecule has 0 fully saturated rings. The molecule has 0 unspecified atom stereocenters. The van der Waals surface area contributed by atoms with Gasteiger partial charge in [-0.15, -0.1) is 0 Å². The Labute approximate surface area is 294 Å². The topological polar surface area (TPSA) is 98.8 Å². The summed E-state index contributed by atoms with van der Waals surface area (Å²) in [5.74, 6) is -13.6. The number of halogens is 7. The fourth-order valence-corrected chi connectivity index (χ4v) is 5.89. The molecule has 7 nitrogen and oxygen atoms in total. The first-order valence-electron chi connectivity index (χ1n) is 15.4. The largest absolute Gasteiger partial charge is 0.497 e. The number of Topliss-reactive ketones (excluding diaryl/α,β-unsaturated/α-hetero) is 3. The van der Waals surface area contributed by atoms with E-state index in [1.165, 1.54) is 45.2 Å². The van der Waals surface area contributed by atoms with E-state index in [1.54, 1.807) is 0 Å². The lowest BCUT2D eigenvalue weighted by Gasteiger charge is -2.37. The van der Waals surface area contributed by atoms with Gasteiger partial charge in [0.1, 0.15) is 11.8 Å². The molecule has 0 spiro atoms. The predicted octanol–water partition coefficient (Wildman–Crippen LogP) is 8.91. The van der Waals surface area contributed by atoms with Crippen LogP contribution in [0.5, 0.6) is 5.75 Å². The highest BCUT2D eigenvalue weighted by atomic mass is 35.5. The maximum Gasteiger partial charge on any atom is 0.450 e. The van der Waals surface area contributed by atoms with Gasteiger partial charge in [0.25, 0.3) is 0 Å². The van der Waals surface area contributed by atoms with Crippen molar-refractivity contribution >= 4 is 54.8 Å². The second kappa shape index (κ2) is 16.4. The number of hydrogen-bond acceptors (Lipinski definition) is 6. The molecule has 272 valence electrons. The molecule has 0 saturated carbocycles. The average molecular weight is 755 g/mol. The molecule has 15 heteroatoms. The Balaban J connectivity index is 2.55. The molecular weight excluding hydrogens is 712 g/mol. The van der Waals surface area contributed by atoms with Crippen molar-refractivity contribution in [3.8, 4) is 5.75 Å². The van der Waals surface area contributed by atoms with Gasteiger partial charge in [-0.1, -0.05) is 76.0 Å². The Bertz CT molecular complexity index is 1510. The molecule has 0 aliphatic rings. The van der Waals surface area contributed by atoms with Crippen LogP contribution in [-0.4, -0.2) is 51.5 Å². The molecule has 0 aromatic heterocycles. The highest BCUT2D eigenvalue weighted by molar-refractivity contribution is 6.74. The number of hydrogen-bond donors (Lipinski definition) is 1. The van der Waals surface area contributed by atoms with Crippen LogP contribution in [0.25, 0.3) is 0 Å². The number of carbonyl (C=O) groups excluding carboxylic acids is 4. The second-order valence-corrected chi connectivity index (χ2v) is 19.3. The third kappa shape index (κ3) is 11.1. The van der Waals surface area contributed by atoms with Gasteiger partial charge in [0, 0.05) is 30.9 Å². The molecule has 0 aliphatic heterocycles. The van der Waals surface area contributed by atoms with Gasteiger partial charge >= 0.3 is 12.1 Å². The molecule has 1 amide bonds. The minimum absolute atomic E-state index is 0.0143. The zero-order valence-corrected chi connectivity index (χ0v) is 31.1. The summed E-state index contributed by atoms with van der Waals surface area (Å²) in [7, 11) is -1.24. The molecule has 2 rings (SSSR count). The van der Waals surface area contributed by atoms with Crippen molar-refractivity contribution in [3.05, 3.63) is 63.6 Å². The van der Waals surface area contributed by atoms with Crippen molar-refractivity contribution in [2.24, 2.45) is 17.8 Å². The molecule has 0 radical (unpaired) electrons. The number of benzene rings is 2. The van der Waals surface area contributed by atoms with Gasteiger partial charge in [0.05, 0.1) is 23.1 Å². The lowest BCUT2D eigenvalue weighted by atomic mass is 9.84. The van der Waals surface area contributed by atoms with Crippen LogP contribution in [0.4, 0.5) is 22.0 Å². The van der Waals surface area contributed by atoms with Gasteiger partial charge in [-0.25, -0.2) is 0 Å². The lowest BCUT2D eigenvalue weighted by molar-refractivity contribution is -0.177. The van der Waals surface area contributed by atoms with E-state index in [9.17, 15) is 32.3 Å². The van der Waals surface area contributed by atoms with Gasteiger partial charge in [0.2, 0.25) is 17.5 Å². The first-order valence-corrected chi connectivity index (χ1v) is 19.1. The van der Waals surface area contributed by atoms with Gasteiger partial charge in [-0.3, -0.25) is 19.2 Å². The highest BCUT2D eigenvalue weighted by Gasteiger charge is 2.47. The summed E-state index contributed by atoms with van der Waals surface area (Å²) in [6, 6.07) is 6.94. The minimum Gasteiger partial charge on any atom is -0.497 e. The van der Waals surface area contributed by atoms with Crippen molar-refractivity contribution in [1.29, 1.82) is 0 Å². The van der Waals surface area contributed by atoms with Crippen LogP contribution < -0.4 is 10.1 Å². The van der Waals surface area contributed by atoms with Crippen LogP contribution >= 0.6 is 23.2 Å². The number of rotatable bonds is 16. The van der Waals surface area contributed by atoms with Crippen LogP contribution in [0.2, 0.25) is 28.2 Å². The third-order valence-electron chi connectivity index (χ3n) is 8.79. The first-order chi connectivity index (χ1) is 22.3. The molecule has 3 atom stereocenters. The van der Waals surface area contributed by atoms with E-state index in [0.717, 1.165) is 18.2 Å². The normalized spacial score (nSPS) is 14.6. The fraction of sp³-hybridized carbons (Fsp3) is 0.529. The zero-order valence-electron chi connectivity index (χ0n) is 28.6. The summed E-state index contributed by atoms with van der Waals surface area (Å²) in [5, 5.41) is 1.85.